The van der Waals surface area contributed by atoms with Crippen LogP contribution in [0.3, 0.4) is 0 Å². The second-order valence-electron chi connectivity index (χ2n) is 5.90. The van der Waals surface area contributed by atoms with Gasteiger partial charge in [-0.05, 0) is 48.1 Å². The zero-order valence-corrected chi connectivity index (χ0v) is 14.1. The Morgan fingerprint density at radius 2 is 1.59 bits per heavy atom. The Labute approximate surface area is 152 Å². The van der Waals surface area contributed by atoms with E-state index in [1.807, 2.05) is 0 Å². The largest absolute Gasteiger partial charge is 0.204 e. The van der Waals surface area contributed by atoms with Crippen LogP contribution in [-0.4, -0.2) is 0 Å². The Bertz CT molecular complexity index is 1100. The molecule has 136 valence electrons. The summed E-state index contributed by atoms with van der Waals surface area (Å²) < 4.78 is 68.5. The van der Waals surface area contributed by atoms with Crippen molar-refractivity contribution in [2.75, 3.05) is 0 Å². The van der Waals surface area contributed by atoms with E-state index in [4.69, 9.17) is 0 Å². The van der Waals surface area contributed by atoms with Crippen LogP contribution < -0.4 is 0 Å². The molecular weight excluding hydrogens is 359 g/mol. The predicted octanol–water partition coefficient (Wildman–Crippen LogP) is 6.05. The third-order valence-electron chi connectivity index (χ3n) is 4.09. The molecule has 0 aliphatic carbocycles. The minimum Gasteiger partial charge on any atom is -0.204 e. The molecule has 0 N–H and O–H groups in total. The summed E-state index contributed by atoms with van der Waals surface area (Å²) >= 11 is 0. The molecule has 0 aliphatic rings. The Kier molecular flexibility index (Phi) is 5.27. The summed E-state index contributed by atoms with van der Waals surface area (Å²) in [6.45, 7) is 3.54. The lowest BCUT2D eigenvalue weighted by atomic mass is 10.0. The molecule has 0 fully saturated rings. The molecule has 0 aromatic heterocycles. The third kappa shape index (κ3) is 3.70. The molecule has 3 aromatic carbocycles. The van der Waals surface area contributed by atoms with E-state index in [0.717, 1.165) is 6.07 Å². The summed E-state index contributed by atoms with van der Waals surface area (Å²) in [6, 6.07) is 7.68. The first kappa shape index (κ1) is 18.7. The van der Waals surface area contributed by atoms with Crippen molar-refractivity contribution in [3.8, 4) is 11.8 Å². The molecular formula is C22H13F5. The van der Waals surface area contributed by atoms with Gasteiger partial charge in [-0.3, -0.25) is 0 Å². The molecule has 0 unspecified atom stereocenters. The highest BCUT2D eigenvalue weighted by molar-refractivity contribution is 5.84. The van der Waals surface area contributed by atoms with Gasteiger partial charge in [0.05, 0.1) is 5.56 Å². The molecule has 0 aliphatic heterocycles. The lowest BCUT2D eigenvalue weighted by Gasteiger charge is -2.04. The highest BCUT2D eigenvalue weighted by atomic mass is 19.2. The monoisotopic (exact) mass is 372 g/mol. The van der Waals surface area contributed by atoms with E-state index < -0.39 is 29.1 Å². The van der Waals surface area contributed by atoms with E-state index in [0.29, 0.717) is 18.4 Å². The normalized spacial score (nSPS) is 10.6. The molecule has 3 rings (SSSR count). The minimum atomic E-state index is -1.55. The van der Waals surface area contributed by atoms with Crippen LogP contribution in [0.4, 0.5) is 22.0 Å². The number of allylic oxidation sites excluding steroid dienone is 1. The van der Waals surface area contributed by atoms with Crippen molar-refractivity contribution < 1.29 is 22.0 Å². The second-order valence-corrected chi connectivity index (χ2v) is 5.90. The fraction of sp³-hybridized carbons (Fsp3) is 0.0909. The highest BCUT2D eigenvalue weighted by Gasteiger charge is 2.14. The third-order valence-corrected chi connectivity index (χ3v) is 4.09. The van der Waals surface area contributed by atoms with E-state index >= 15 is 0 Å². The number of halogens is 5. The fourth-order valence-electron chi connectivity index (χ4n) is 2.66. The van der Waals surface area contributed by atoms with Crippen molar-refractivity contribution in [2.24, 2.45) is 0 Å². The maximum atomic E-state index is 14.2. The van der Waals surface area contributed by atoms with Gasteiger partial charge in [0.2, 0.25) is 0 Å². The first-order valence-electron chi connectivity index (χ1n) is 8.09. The van der Waals surface area contributed by atoms with Gasteiger partial charge >= 0.3 is 0 Å². The van der Waals surface area contributed by atoms with E-state index in [9.17, 15) is 22.0 Å². The van der Waals surface area contributed by atoms with Crippen molar-refractivity contribution in [3.05, 3.63) is 94.8 Å². The standard InChI is InChI=1S/C22H13F5/c1-2-3-4-14-8-9-15(20(25)19(14)24)7-5-13-6-10-17-16(11-13)12-18(23)22(27)21(17)26/h2,6,8-12H,1,3-4H2. The average Bonchev–Trinajstić information content (AvgIpc) is 2.66. The van der Waals surface area contributed by atoms with Gasteiger partial charge in [0, 0.05) is 10.9 Å². The van der Waals surface area contributed by atoms with Gasteiger partial charge < -0.3 is 0 Å². The topological polar surface area (TPSA) is 0 Å². The lowest BCUT2D eigenvalue weighted by molar-refractivity contribution is 0.453. The second kappa shape index (κ2) is 7.63. The van der Waals surface area contributed by atoms with Crippen molar-refractivity contribution in [3.63, 3.8) is 0 Å². The van der Waals surface area contributed by atoms with Gasteiger partial charge in [-0.1, -0.05) is 30.0 Å². The molecule has 27 heavy (non-hydrogen) atoms. The molecule has 0 saturated carbocycles. The Morgan fingerprint density at radius 3 is 2.33 bits per heavy atom. The van der Waals surface area contributed by atoms with Gasteiger partial charge in [0.1, 0.15) is 0 Å². The number of fused-ring (bicyclic) bond motifs is 1. The molecule has 0 atom stereocenters. The molecule has 0 saturated heterocycles. The van der Waals surface area contributed by atoms with Crippen LogP contribution in [0.5, 0.6) is 0 Å². The van der Waals surface area contributed by atoms with Crippen LogP contribution in [0.15, 0.2) is 49.1 Å². The molecule has 0 nitrogen and oxygen atoms in total. The maximum absolute atomic E-state index is 14.2. The van der Waals surface area contributed by atoms with Crippen LogP contribution in [0.2, 0.25) is 0 Å². The Balaban J connectivity index is 1.97. The highest BCUT2D eigenvalue weighted by Crippen LogP contribution is 2.24. The van der Waals surface area contributed by atoms with E-state index in [1.165, 1.54) is 30.3 Å². The van der Waals surface area contributed by atoms with Gasteiger partial charge in [-0.15, -0.1) is 6.58 Å². The zero-order valence-electron chi connectivity index (χ0n) is 14.1. The molecule has 0 radical (unpaired) electrons. The summed E-state index contributed by atoms with van der Waals surface area (Å²) in [7, 11) is 0. The first-order valence-corrected chi connectivity index (χ1v) is 8.09. The Hall–Kier alpha value is -3.13. The van der Waals surface area contributed by atoms with Crippen LogP contribution in [0, 0.1) is 40.9 Å². The van der Waals surface area contributed by atoms with Gasteiger partial charge in [0.25, 0.3) is 0 Å². The van der Waals surface area contributed by atoms with E-state index in [1.54, 1.807) is 6.08 Å². The lowest BCUT2D eigenvalue weighted by Crippen LogP contribution is -1.97. The summed E-state index contributed by atoms with van der Waals surface area (Å²) in [5.74, 6) is -1.01. The molecule has 3 aromatic rings. The first-order chi connectivity index (χ1) is 12.9. The molecule has 0 spiro atoms. The minimum absolute atomic E-state index is 0.0942. The van der Waals surface area contributed by atoms with Crippen LogP contribution in [0.1, 0.15) is 23.1 Å². The number of rotatable bonds is 3. The van der Waals surface area contributed by atoms with Crippen molar-refractivity contribution in [2.45, 2.75) is 12.8 Å². The summed E-state index contributed by atoms with van der Waals surface area (Å²) in [4.78, 5) is 0. The molecule has 0 amide bonds. The van der Waals surface area contributed by atoms with Crippen molar-refractivity contribution in [1.82, 2.24) is 0 Å². The van der Waals surface area contributed by atoms with Crippen molar-refractivity contribution >= 4 is 10.8 Å². The fourth-order valence-corrected chi connectivity index (χ4v) is 2.66. The van der Waals surface area contributed by atoms with E-state index in [-0.39, 0.29) is 21.9 Å². The summed E-state index contributed by atoms with van der Waals surface area (Å²) in [5.41, 5.74) is 0.423. The van der Waals surface area contributed by atoms with Crippen LogP contribution >= 0.6 is 0 Å². The smallest absolute Gasteiger partial charge is 0.195 e. The van der Waals surface area contributed by atoms with Crippen LogP contribution in [-0.2, 0) is 6.42 Å². The molecule has 0 heterocycles. The maximum Gasteiger partial charge on any atom is 0.195 e. The number of hydrogen-bond donors (Lipinski definition) is 0. The quantitative estimate of drug-likeness (QED) is 0.227. The van der Waals surface area contributed by atoms with Crippen molar-refractivity contribution in [1.29, 1.82) is 0 Å². The predicted molar refractivity (Wildman–Crippen MR) is 94.7 cm³/mol. The number of benzene rings is 3. The Morgan fingerprint density at radius 1 is 0.815 bits per heavy atom. The molecule has 0 bridgehead atoms. The van der Waals surface area contributed by atoms with Crippen LogP contribution in [0.25, 0.3) is 10.8 Å². The van der Waals surface area contributed by atoms with Gasteiger partial charge in [-0.2, -0.15) is 0 Å². The SMILES string of the molecule is C=CCCc1ccc(C#Cc2ccc3c(F)c(F)c(F)cc3c2)c(F)c1F. The summed E-state index contributed by atoms with van der Waals surface area (Å²) in [6.07, 6.45) is 2.47. The van der Waals surface area contributed by atoms with E-state index in [2.05, 4.69) is 18.4 Å². The van der Waals surface area contributed by atoms with Gasteiger partial charge in [-0.25, -0.2) is 22.0 Å². The molecule has 5 heteroatoms. The summed E-state index contributed by atoms with van der Waals surface area (Å²) in [5, 5.41) is 0.0212. The zero-order chi connectivity index (χ0) is 19.6. The van der Waals surface area contributed by atoms with Gasteiger partial charge in [0.15, 0.2) is 29.1 Å². The number of aryl methyl sites for hydroxylation is 1. The number of hydrogen-bond acceptors (Lipinski definition) is 0. The average molecular weight is 372 g/mol.